The van der Waals surface area contributed by atoms with Gasteiger partial charge in [-0.1, -0.05) is 106 Å². The second kappa shape index (κ2) is 5.91. The lowest BCUT2D eigenvalue weighted by molar-refractivity contribution is 0.599. The van der Waals surface area contributed by atoms with Gasteiger partial charge in [-0.25, -0.2) is 0 Å². The van der Waals surface area contributed by atoms with E-state index in [2.05, 4.69) is 118 Å². The van der Waals surface area contributed by atoms with E-state index in [-0.39, 0.29) is 17.5 Å². The average Bonchev–Trinajstić information content (AvgIpc) is 2.96. The van der Waals surface area contributed by atoms with E-state index >= 15 is 0 Å². The molecule has 0 fully saturated rings. The van der Waals surface area contributed by atoms with Crippen LogP contribution in [0.5, 0.6) is 0 Å². The van der Waals surface area contributed by atoms with Gasteiger partial charge in [0.05, 0.1) is 5.69 Å². The minimum absolute atomic E-state index is 0.0978. The van der Waals surface area contributed by atoms with Crippen LogP contribution in [-0.4, -0.2) is 6.71 Å². The van der Waals surface area contributed by atoms with Crippen molar-refractivity contribution < 1.29 is 0 Å². The van der Waals surface area contributed by atoms with Crippen LogP contribution in [0.15, 0.2) is 84.9 Å². The Bertz CT molecular complexity index is 2130. The molecule has 11 rings (SSSR count). The minimum Gasteiger partial charge on any atom is -0.310 e. The molecule has 0 atom stereocenters. The molecule has 5 aliphatic heterocycles. The highest BCUT2D eigenvalue weighted by Crippen LogP contribution is 2.62. The Morgan fingerprint density at radius 3 is 1.45 bits per heavy atom. The maximum atomic E-state index is 2.73. The zero-order valence-corrected chi connectivity index (χ0v) is 23.1. The molecule has 0 bridgehead atoms. The summed E-state index contributed by atoms with van der Waals surface area (Å²) in [5.74, 6) is 0. The molecule has 0 radical (unpaired) electrons. The van der Waals surface area contributed by atoms with Crippen molar-refractivity contribution in [2.24, 2.45) is 0 Å². The Morgan fingerprint density at radius 1 is 0.475 bits per heavy atom. The van der Waals surface area contributed by atoms with Crippen molar-refractivity contribution in [2.75, 3.05) is 4.90 Å². The minimum atomic E-state index is -0.0978. The number of nitrogens with zero attached hydrogens (tertiary/aromatic N) is 1. The van der Waals surface area contributed by atoms with E-state index in [9.17, 15) is 0 Å². The predicted octanol–water partition coefficient (Wildman–Crippen LogP) is 7.53. The van der Waals surface area contributed by atoms with Crippen LogP contribution in [-0.2, 0) is 10.8 Å². The van der Waals surface area contributed by atoms with Gasteiger partial charge in [-0.05, 0) is 89.1 Å². The summed E-state index contributed by atoms with van der Waals surface area (Å²) in [6.07, 6.45) is 0. The van der Waals surface area contributed by atoms with Crippen molar-refractivity contribution in [2.45, 2.75) is 38.5 Å². The van der Waals surface area contributed by atoms with Gasteiger partial charge >= 0.3 is 0 Å². The van der Waals surface area contributed by atoms with Crippen molar-refractivity contribution in [3.8, 4) is 22.3 Å². The smallest absolute Gasteiger partial charge is 0.249 e. The SMILES string of the molecule is CC1(C)c2cccc3c2N2c4c1cc1cccc5c1c4B1c4c-5cccc4-c4cccc5cc(c2c1c45)C3(C)C. The largest absolute Gasteiger partial charge is 0.310 e. The van der Waals surface area contributed by atoms with Crippen LogP contribution in [0.25, 0.3) is 43.8 Å². The Balaban J connectivity index is 1.50. The van der Waals surface area contributed by atoms with Crippen LogP contribution < -0.4 is 21.3 Å². The molecular weight excluding hydrogens is 481 g/mol. The van der Waals surface area contributed by atoms with E-state index in [4.69, 9.17) is 0 Å². The first-order valence-corrected chi connectivity index (χ1v) is 14.7. The second-order valence-corrected chi connectivity index (χ2v) is 13.7. The monoisotopic (exact) mass is 507 g/mol. The van der Waals surface area contributed by atoms with Gasteiger partial charge in [0.25, 0.3) is 0 Å². The molecular formula is C38H26BN. The number of rotatable bonds is 0. The van der Waals surface area contributed by atoms with E-state index in [1.807, 2.05) is 0 Å². The Kier molecular flexibility index (Phi) is 3.04. The molecule has 0 spiro atoms. The highest BCUT2D eigenvalue weighted by atomic mass is 15.2. The molecule has 2 heteroatoms. The van der Waals surface area contributed by atoms with Gasteiger partial charge in [-0.15, -0.1) is 0 Å². The highest BCUT2D eigenvalue weighted by molar-refractivity contribution is 7.04. The molecule has 0 unspecified atom stereocenters. The van der Waals surface area contributed by atoms with Gasteiger partial charge in [0, 0.05) is 22.2 Å². The van der Waals surface area contributed by atoms with Crippen LogP contribution >= 0.6 is 0 Å². The predicted molar refractivity (Wildman–Crippen MR) is 169 cm³/mol. The molecule has 0 aromatic heterocycles. The standard InChI is InChI=1S/C38H26BN/c1-37(2)25-15-8-16-26-34(25)40-35-27(37)17-19-9-5-11-21-23-13-7-14-24-22-12-6-10-20-18-28(38(26,3)4)36(40)33(30(20)22)39(31(23)24)32(35)29(19)21/h5-18H,1-4H3. The first kappa shape index (κ1) is 20.6. The first-order chi connectivity index (χ1) is 19.4. The van der Waals surface area contributed by atoms with Crippen molar-refractivity contribution in [3.05, 3.63) is 107 Å². The van der Waals surface area contributed by atoms with E-state index in [1.165, 1.54) is 99.5 Å². The lowest BCUT2D eigenvalue weighted by atomic mass is 9.28. The van der Waals surface area contributed by atoms with Gasteiger partial charge in [0.2, 0.25) is 6.71 Å². The Morgan fingerprint density at radius 2 is 0.925 bits per heavy atom. The summed E-state index contributed by atoms with van der Waals surface area (Å²) in [6, 6.07) is 33.2. The first-order valence-electron chi connectivity index (χ1n) is 14.7. The van der Waals surface area contributed by atoms with Crippen molar-refractivity contribution >= 4 is 61.7 Å². The van der Waals surface area contributed by atoms with Gasteiger partial charge in [0.15, 0.2) is 0 Å². The molecule has 5 aliphatic rings. The molecule has 186 valence electrons. The van der Waals surface area contributed by atoms with E-state index in [0.29, 0.717) is 0 Å². The van der Waals surface area contributed by atoms with E-state index in [0.717, 1.165) is 0 Å². The van der Waals surface area contributed by atoms with Gasteiger partial charge < -0.3 is 4.90 Å². The summed E-state index contributed by atoms with van der Waals surface area (Å²) >= 11 is 0. The van der Waals surface area contributed by atoms with Crippen molar-refractivity contribution in [1.82, 2.24) is 0 Å². The molecule has 0 amide bonds. The van der Waals surface area contributed by atoms with Crippen LogP contribution in [0.3, 0.4) is 0 Å². The van der Waals surface area contributed by atoms with Crippen LogP contribution in [0.2, 0.25) is 0 Å². The van der Waals surface area contributed by atoms with Gasteiger partial charge in [-0.3, -0.25) is 0 Å². The molecule has 5 heterocycles. The summed E-state index contributed by atoms with van der Waals surface area (Å²) in [7, 11) is 0. The summed E-state index contributed by atoms with van der Waals surface area (Å²) in [5.41, 5.74) is 20.2. The third-order valence-electron chi connectivity index (χ3n) is 11.3. The maximum absolute atomic E-state index is 2.73. The highest BCUT2D eigenvalue weighted by Gasteiger charge is 2.54. The molecule has 6 aromatic rings. The van der Waals surface area contributed by atoms with Crippen LogP contribution in [0.1, 0.15) is 49.9 Å². The van der Waals surface area contributed by atoms with Crippen molar-refractivity contribution in [1.29, 1.82) is 0 Å². The van der Waals surface area contributed by atoms with Crippen molar-refractivity contribution in [3.63, 3.8) is 0 Å². The molecule has 40 heavy (non-hydrogen) atoms. The molecule has 0 aliphatic carbocycles. The fourth-order valence-electron chi connectivity index (χ4n) is 9.60. The maximum Gasteiger partial charge on any atom is 0.249 e. The topological polar surface area (TPSA) is 3.24 Å². The number of para-hydroxylation sites is 1. The summed E-state index contributed by atoms with van der Waals surface area (Å²) in [6.45, 7) is 10.1. The number of anilines is 3. The lowest BCUT2D eigenvalue weighted by Crippen LogP contribution is -2.63. The number of fused-ring (bicyclic) bond motifs is 2. The van der Waals surface area contributed by atoms with Gasteiger partial charge in [0.1, 0.15) is 0 Å². The quantitative estimate of drug-likeness (QED) is 0.192. The summed E-state index contributed by atoms with van der Waals surface area (Å²) in [5, 5.41) is 5.67. The zero-order valence-electron chi connectivity index (χ0n) is 23.1. The normalized spacial score (nSPS) is 17.8. The summed E-state index contributed by atoms with van der Waals surface area (Å²) < 4.78 is 0. The number of hydrogen-bond acceptors (Lipinski definition) is 1. The van der Waals surface area contributed by atoms with Gasteiger partial charge in [-0.2, -0.15) is 0 Å². The third kappa shape index (κ3) is 1.85. The Labute approximate surface area is 234 Å². The molecule has 0 saturated heterocycles. The molecule has 1 nitrogen and oxygen atoms in total. The molecule has 0 N–H and O–H groups in total. The zero-order chi connectivity index (χ0) is 26.4. The second-order valence-electron chi connectivity index (χ2n) is 13.7. The Hall–Kier alpha value is -4.30. The lowest BCUT2D eigenvalue weighted by Gasteiger charge is -2.55. The fourth-order valence-corrected chi connectivity index (χ4v) is 9.60. The van der Waals surface area contributed by atoms with E-state index < -0.39 is 0 Å². The number of benzene rings is 6. The molecule has 6 aromatic carbocycles. The van der Waals surface area contributed by atoms with Crippen LogP contribution in [0.4, 0.5) is 17.1 Å². The third-order valence-corrected chi connectivity index (χ3v) is 11.3. The summed E-state index contributed by atoms with van der Waals surface area (Å²) in [4.78, 5) is 2.73. The average molecular weight is 507 g/mol. The molecule has 0 saturated carbocycles. The number of hydrogen-bond donors (Lipinski definition) is 0. The fraction of sp³-hybridized carbons (Fsp3) is 0.158. The van der Waals surface area contributed by atoms with Crippen LogP contribution in [0, 0.1) is 0 Å². The van der Waals surface area contributed by atoms with E-state index in [1.54, 1.807) is 0 Å².